The van der Waals surface area contributed by atoms with Crippen LogP contribution in [0.1, 0.15) is 0 Å². The monoisotopic (exact) mass is 1270 g/mol. The molecular weight excluding hydrogens is 1200 g/mol. The molecule has 470 valence electrons. The number of esters is 2. The van der Waals surface area contributed by atoms with Crippen LogP contribution in [0.4, 0.5) is 68.2 Å². The second-order valence-electron chi connectivity index (χ2n) is 23.4. The minimum Gasteiger partial charge on any atom is -0.423 e. The molecule has 0 unspecified atom stereocenters. The van der Waals surface area contributed by atoms with E-state index in [1.165, 1.54) is 0 Å². The molecule has 0 atom stereocenters. The van der Waals surface area contributed by atoms with Crippen molar-refractivity contribution in [3.63, 3.8) is 0 Å². The molecule has 0 aliphatic rings. The van der Waals surface area contributed by atoms with Gasteiger partial charge in [0.2, 0.25) is 0 Å². The zero-order valence-corrected chi connectivity index (χ0v) is 53.6. The lowest BCUT2D eigenvalue weighted by Gasteiger charge is -2.27. The predicted octanol–water partition coefficient (Wildman–Crippen LogP) is 24.1. The summed E-state index contributed by atoms with van der Waals surface area (Å²) in [4.78, 5) is 32.9. The molecule has 14 aromatic rings. The van der Waals surface area contributed by atoms with E-state index in [0.717, 1.165) is 136 Å². The van der Waals surface area contributed by atoms with Gasteiger partial charge >= 0.3 is 11.9 Å². The standard InChI is InChI=1S/C90H66N4O4/c1-3-89(95)97-87-61-41-73(42-62-87)71-37-57-85(58-38-71)93(81-49-29-67(30-50-81)65-25-45-79(46-26-65)91(75-17-9-5-10-18-75)76-19-11-6-12-20-76)83-53-33-69(34-54-83)70-35-55-84(56-36-70)94(86-59-39-72(40-60-86)74-43-63-88(64-44-74)98-90(96)4-2)82-51-31-68(32-52-82)66-27-47-80(48-28-66)92(77-21-13-7-14-22-77)78-23-15-8-16-24-78/h3-64H,1-2H2. The molecule has 14 rings (SSSR count). The number of carbonyl (C=O) groups is 2. The Bertz CT molecular complexity index is 4600. The Hall–Kier alpha value is -13.3. The van der Waals surface area contributed by atoms with Crippen molar-refractivity contribution in [2.75, 3.05) is 19.6 Å². The van der Waals surface area contributed by atoms with Crippen LogP contribution >= 0.6 is 0 Å². The van der Waals surface area contributed by atoms with E-state index in [1.54, 1.807) is 24.3 Å². The fraction of sp³-hybridized carbons (Fsp3) is 0. The van der Waals surface area contributed by atoms with Gasteiger partial charge in [0, 0.05) is 80.4 Å². The van der Waals surface area contributed by atoms with Crippen molar-refractivity contribution in [2.45, 2.75) is 0 Å². The highest BCUT2D eigenvalue weighted by Gasteiger charge is 2.19. The molecule has 8 nitrogen and oxygen atoms in total. The largest absolute Gasteiger partial charge is 0.423 e. The average molecular weight is 1270 g/mol. The fourth-order valence-corrected chi connectivity index (χ4v) is 12.3. The Balaban J connectivity index is 0.756. The number of para-hydroxylation sites is 4. The number of anilines is 12. The lowest BCUT2D eigenvalue weighted by Crippen LogP contribution is -2.10. The molecule has 0 aromatic heterocycles. The molecule has 0 amide bonds. The smallest absolute Gasteiger partial charge is 0.335 e. The molecule has 0 saturated carbocycles. The van der Waals surface area contributed by atoms with Crippen molar-refractivity contribution in [1.29, 1.82) is 0 Å². The first kappa shape index (κ1) is 62.2. The number of rotatable bonds is 21. The van der Waals surface area contributed by atoms with Gasteiger partial charge in [-0.3, -0.25) is 0 Å². The number of ether oxygens (including phenoxy) is 2. The highest BCUT2D eigenvalue weighted by Crippen LogP contribution is 2.43. The number of carbonyl (C=O) groups excluding carboxylic acids is 2. The fourth-order valence-electron chi connectivity index (χ4n) is 12.3. The average Bonchev–Trinajstić information content (AvgIpc) is 0.807. The summed E-state index contributed by atoms with van der Waals surface area (Å²) in [6, 6.07) is 126. The van der Waals surface area contributed by atoms with E-state index in [0.29, 0.717) is 11.5 Å². The third-order valence-electron chi connectivity index (χ3n) is 17.2. The van der Waals surface area contributed by atoms with Crippen LogP contribution in [0.5, 0.6) is 11.5 Å². The molecule has 0 heterocycles. The van der Waals surface area contributed by atoms with Crippen molar-refractivity contribution in [1.82, 2.24) is 0 Å². The molecule has 0 aliphatic carbocycles. The van der Waals surface area contributed by atoms with Crippen LogP contribution in [0, 0.1) is 0 Å². The quantitative estimate of drug-likeness (QED) is 0.0401. The first-order valence-corrected chi connectivity index (χ1v) is 32.4. The third-order valence-corrected chi connectivity index (χ3v) is 17.2. The van der Waals surface area contributed by atoms with Gasteiger partial charge in [0.05, 0.1) is 0 Å². The van der Waals surface area contributed by atoms with Gasteiger partial charge in [-0.15, -0.1) is 0 Å². The van der Waals surface area contributed by atoms with E-state index in [1.807, 2.05) is 48.5 Å². The van der Waals surface area contributed by atoms with Crippen LogP contribution < -0.4 is 29.1 Å². The highest BCUT2D eigenvalue weighted by atomic mass is 16.5. The lowest BCUT2D eigenvalue weighted by molar-refractivity contribution is -0.129. The van der Waals surface area contributed by atoms with Gasteiger partial charge in [0.15, 0.2) is 0 Å². The highest BCUT2D eigenvalue weighted by molar-refractivity contribution is 5.87. The van der Waals surface area contributed by atoms with E-state index >= 15 is 0 Å². The number of hydrogen-bond acceptors (Lipinski definition) is 8. The zero-order chi connectivity index (χ0) is 66.6. The molecule has 0 radical (unpaired) electrons. The number of nitrogens with zero attached hydrogens (tertiary/aromatic N) is 4. The minimum atomic E-state index is -0.500. The molecule has 0 bridgehead atoms. The van der Waals surface area contributed by atoms with Crippen molar-refractivity contribution < 1.29 is 19.1 Å². The summed E-state index contributed by atoms with van der Waals surface area (Å²) < 4.78 is 10.7. The minimum absolute atomic E-state index is 0.457. The molecule has 14 aromatic carbocycles. The molecular formula is C90H66N4O4. The first-order chi connectivity index (χ1) is 48.3. The summed E-state index contributed by atoms with van der Waals surface area (Å²) in [5.74, 6) is -0.0860. The van der Waals surface area contributed by atoms with Crippen LogP contribution in [0.3, 0.4) is 0 Å². The predicted molar refractivity (Wildman–Crippen MR) is 404 cm³/mol. The molecule has 0 spiro atoms. The maximum Gasteiger partial charge on any atom is 0.335 e. The van der Waals surface area contributed by atoms with Crippen molar-refractivity contribution in [3.05, 3.63) is 389 Å². The van der Waals surface area contributed by atoms with Crippen molar-refractivity contribution in [3.8, 4) is 67.1 Å². The van der Waals surface area contributed by atoms with Gasteiger partial charge in [-0.05, 0) is 225 Å². The van der Waals surface area contributed by atoms with Crippen LogP contribution in [0.15, 0.2) is 389 Å². The molecule has 0 N–H and O–H groups in total. The lowest BCUT2D eigenvalue weighted by atomic mass is 10.0. The number of hydrogen-bond donors (Lipinski definition) is 0. The summed E-state index contributed by atoms with van der Waals surface area (Å²) >= 11 is 0. The van der Waals surface area contributed by atoms with Crippen LogP contribution in [-0.4, -0.2) is 11.9 Å². The third kappa shape index (κ3) is 14.0. The van der Waals surface area contributed by atoms with E-state index in [2.05, 4.69) is 324 Å². The van der Waals surface area contributed by atoms with Gasteiger partial charge < -0.3 is 29.1 Å². The molecule has 0 fully saturated rings. The number of benzene rings is 14. The Morgan fingerprint density at radius 2 is 0.327 bits per heavy atom. The first-order valence-electron chi connectivity index (χ1n) is 32.4. The van der Waals surface area contributed by atoms with E-state index in [-0.39, 0.29) is 0 Å². The van der Waals surface area contributed by atoms with E-state index in [9.17, 15) is 9.59 Å². The normalized spacial score (nSPS) is 10.8. The maximum atomic E-state index is 11.9. The van der Waals surface area contributed by atoms with Gasteiger partial charge in [-0.1, -0.05) is 207 Å². The maximum absolute atomic E-state index is 11.9. The van der Waals surface area contributed by atoms with Crippen molar-refractivity contribution >= 4 is 80.2 Å². The summed E-state index contributed by atoms with van der Waals surface area (Å²) in [5.41, 5.74) is 23.0. The summed E-state index contributed by atoms with van der Waals surface area (Å²) in [6.07, 6.45) is 2.31. The molecule has 8 heteroatoms. The Morgan fingerprint density at radius 3 is 0.469 bits per heavy atom. The van der Waals surface area contributed by atoms with Gasteiger partial charge in [0.1, 0.15) is 11.5 Å². The molecule has 98 heavy (non-hydrogen) atoms. The summed E-state index contributed by atoms with van der Waals surface area (Å²) in [7, 11) is 0. The second-order valence-corrected chi connectivity index (χ2v) is 23.4. The second kappa shape index (κ2) is 28.9. The SMILES string of the molecule is C=CC(=O)Oc1ccc(-c2ccc(N(c3ccc(-c4ccc(N(c5ccccc5)c5ccccc5)cc4)cc3)c3ccc(-c4ccc(N(c5ccc(-c6ccc(OC(=O)C=C)cc6)cc5)c5ccc(-c6ccc(N(c7ccccc7)c7ccccc7)cc6)cc5)cc4)cc3)cc2)cc1. The Kier molecular flexibility index (Phi) is 18.3. The van der Waals surface area contributed by atoms with Gasteiger partial charge in [-0.25, -0.2) is 9.59 Å². The van der Waals surface area contributed by atoms with Crippen LogP contribution in [0.2, 0.25) is 0 Å². The van der Waals surface area contributed by atoms with E-state index < -0.39 is 11.9 Å². The zero-order valence-electron chi connectivity index (χ0n) is 53.6. The Morgan fingerprint density at radius 1 is 0.194 bits per heavy atom. The Labute approximate surface area is 572 Å². The summed E-state index contributed by atoms with van der Waals surface area (Å²) in [6.45, 7) is 7.04. The summed E-state index contributed by atoms with van der Waals surface area (Å²) in [5, 5.41) is 0. The van der Waals surface area contributed by atoms with Gasteiger partial charge in [-0.2, -0.15) is 0 Å². The van der Waals surface area contributed by atoms with Crippen LogP contribution in [0.25, 0.3) is 55.6 Å². The van der Waals surface area contributed by atoms with Gasteiger partial charge in [0.25, 0.3) is 0 Å². The molecule has 0 saturated heterocycles. The van der Waals surface area contributed by atoms with Crippen LogP contribution in [-0.2, 0) is 9.59 Å². The van der Waals surface area contributed by atoms with E-state index in [4.69, 9.17) is 9.47 Å². The molecule has 0 aliphatic heterocycles. The van der Waals surface area contributed by atoms with Crippen molar-refractivity contribution in [2.24, 2.45) is 0 Å². The topological polar surface area (TPSA) is 65.6 Å².